The molecule has 0 saturated carbocycles. The van der Waals surface area contributed by atoms with Crippen molar-refractivity contribution in [3.8, 4) is 0 Å². The zero-order chi connectivity index (χ0) is 18.5. The van der Waals surface area contributed by atoms with Gasteiger partial charge in [0.1, 0.15) is 0 Å². The Morgan fingerprint density at radius 1 is 1.12 bits per heavy atom. The highest BCUT2D eigenvalue weighted by atomic mass is 35.5. The summed E-state index contributed by atoms with van der Waals surface area (Å²) in [6.45, 7) is 8.16. The monoisotopic (exact) mass is 371 g/mol. The molecule has 5 heteroatoms. The number of amides is 1. The predicted octanol–water partition coefficient (Wildman–Crippen LogP) is 3.48. The first-order valence-electron chi connectivity index (χ1n) is 9.11. The number of anilines is 1. The van der Waals surface area contributed by atoms with Crippen LogP contribution in [-0.4, -0.2) is 43.0 Å². The van der Waals surface area contributed by atoms with Crippen LogP contribution in [0.5, 0.6) is 0 Å². The van der Waals surface area contributed by atoms with Crippen molar-refractivity contribution in [2.24, 2.45) is 0 Å². The van der Waals surface area contributed by atoms with Crippen molar-refractivity contribution in [2.75, 3.05) is 31.1 Å². The van der Waals surface area contributed by atoms with Crippen molar-refractivity contribution in [3.63, 3.8) is 0 Å². The Balaban J connectivity index is 1.49. The molecule has 2 aromatic carbocycles. The summed E-state index contributed by atoms with van der Waals surface area (Å²) in [7, 11) is 0. The van der Waals surface area contributed by atoms with E-state index >= 15 is 0 Å². The topological polar surface area (TPSA) is 35.6 Å². The summed E-state index contributed by atoms with van der Waals surface area (Å²) in [5.74, 6) is 0.0858. The van der Waals surface area contributed by atoms with Crippen LogP contribution >= 0.6 is 11.6 Å². The SMILES string of the molecule is Cc1cccc(CNC(=O)[C@H](C)N2CCN(c3cccc(Cl)c3)CC2)c1. The smallest absolute Gasteiger partial charge is 0.237 e. The van der Waals surface area contributed by atoms with Crippen LogP contribution in [0.2, 0.25) is 5.02 Å². The highest BCUT2D eigenvalue weighted by Crippen LogP contribution is 2.21. The third-order valence-electron chi connectivity index (χ3n) is 4.96. The molecule has 1 atom stereocenters. The third kappa shape index (κ3) is 4.77. The Labute approximate surface area is 160 Å². The van der Waals surface area contributed by atoms with Gasteiger partial charge in [0.15, 0.2) is 0 Å². The summed E-state index contributed by atoms with van der Waals surface area (Å²) in [6.07, 6.45) is 0. The van der Waals surface area contributed by atoms with Gasteiger partial charge in [0, 0.05) is 43.4 Å². The van der Waals surface area contributed by atoms with Gasteiger partial charge in [0.2, 0.25) is 5.91 Å². The van der Waals surface area contributed by atoms with Crippen LogP contribution in [0.15, 0.2) is 48.5 Å². The number of carbonyl (C=O) groups is 1. The number of carbonyl (C=O) groups excluding carboxylic acids is 1. The first kappa shape index (κ1) is 18.7. The average molecular weight is 372 g/mol. The van der Waals surface area contributed by atoms with Gasteiger partial charge in [0.25, 0.3) is 0 Å². The summed E-state index contributed by atoms with van der Waals surface area (Å²) in [5, 5.41) is 3.82. The van der Waals surface area contributed by atoms with Crippen LogP contribution in [0, 0.1) is 6.92 Å². The van der Waals surface area contributed by atoms with E-state index in [4.69, 9.17) is 11.6 Å². The number of hydrogen-bond acceptors (Lipinski definition) is 3. The minimum Gasteiger partial charge on any atom is -0.369 e. The molecule has 4 nitrogen and oxygen atoms in total. The van der Waals surface area contributed by atoms with Gasteiger partial charge in [-0.3, -0.25) is 9.69 Å². The first-order chi connectivity index (χ1) is 12.5. The van der Waals surface area contributed by atoms with Gasteiger partial charge >= 0.3 is 0 Å². The van der Waals surface area contributed by atoms with E-state index in [1.807, 2.05) is 37.3 Å². The molecule has 1 saturated heterocycles. The number of benzene rings is 2. The molecule has 26 heavy (non-hydrogen) atoms. The van der Waals surface area contributed by atoms with E-state index in [2.05, 4.69) is 40.2 Å². The van der Waals surface area contributed by atoms with Crippen LogP contribution in [-0.2, 0) is 11.3 Å². The average Bonchev–Trinajstić information content (AvgIpc) is 2.66. The lowest BCUT2D eigenvalue weighted by molar-refractivity contribution is -0.126. The molecular weight excluding hydrogens is 346 g/mol. The molecule has 1 aliphatic rings. The number of nitrogens with one attached hydrogen (secondary N) is 1. The second-order valence-corrected chi connectivity index (χ2v) is 7.32. The van der Waals surface area contributed by atoms with Crippen molar-refractivity contribution in [1.82, 2.24) is 10.2 Å². The lowest BCUT2D eigenvalue weighted by Crippen LogP contribution is -2.53. The molecule has 1 heterocycles. The molecule has 1 amide bonds. The molecule has 138 valence electrons. The van der Waals surface area contributed by atoms with Crippen molar-refractivity contribution >= 4 is 23.2 Å². The Bertz CT molecular complexity index is 756. The number of hydrogen-bond donors (Lipinski definition) is 1. The zero-order valence-corrected chi connectivity index (χ0v) is 16.2. The number of nitrogens with zero attached hydrogens (tertiary/aromatic N) is 2. The normalized spacial score (nSPS) is 16.3. The van der Waals surface area contributed by atoms with Gasteiger partial charge in [0.05, 0.1) is 6.04 Å². The second-order valence-electron chi connectivity index (χ2n) is 6.89. The summed E-state index contributed by atoms with van der Waals surface area (Å²) in [6, 6.07) is 16.1. The van der Waals surface area contributed by atoms with E-state index in [0.29, 0.717) is 6.54 Å². The molecular formula is C21H26ClN3O. The quantitative estimate of drug-likeness (QED) is 0.874. The molecule has 0 aromatic heterocycles. The second kappa shape index (κ2) is 8.56. The Morgan fingerprint density at radius 2 is 1.85 bits per heavy atom. The highest BCUT2D eigenvalue weighted by Gasteiger charge is 2.25. The summed E-state index contributed by atoms with van der Waals surface area (Å²) in [5.41, 5.74) is 3.49. The van der Waals surface area contributed by atoms with Crippen molar-refractivity contribution in [2.45, 2.75) is 26.4 Å². The highest BCUT2D eigenvalue weighted by molar-refractivity contribution is 6.30. The summed E-state index contributed by atoms with van der Waals surface area (Å²) < 4.78 is 0. The van der Waals surface area contributed by atoms with Gasteiger partial charge < -0.3 is 10.2 Å². The van der Waals surface area contributed by atoms with Gasteiger partial charge in [-0.2, -0.15) is 0 Å². The molecule has 1 aliphatic heterocycles. The maximum absolute atomic E-state index is 12.5. The van der Waals surface area contributed by atoms with Crippen molar-refractivity contribution < 1.29 is 4.79 Å². The minimum atomic E-state index is -0.124. The van der Waals surface area contributed by atoms with Crippen molar-refractivity contribution in [1.29, 1.82) is 0 Å². The largest absolute Gasteiger partial charge is 0.369 e. The van der Waals surface area contributed by atoms with E-state index in [9.17, 15) is 4.79 Å². The maximum Gasteiger partial charge on any atom is 0.237 e. The third-order valence-corrected chi connectivity index (χ3v) is 5.20. The number of piperazine rings is 1. The van der Waals surface area contributed by atoms with Gasteiger partial charge in [-0.05, 0) is 37.6 Å². The lowest BCUT2D eigenvalue weighted by atomic mass is 10.1. The lowest BCUT2D eigenvalue weighted by Gasteiger charge is -2.38. The maximum atomic E-state index is 12.5. The fourth-order valence-corrected chi connectivity index (χ4v) is 3.55. The molecule has 0 unspecified atom stereocenters. The summed E-state index contributed by atoms with van der Waals surface area (Å²) in [4.78, 5) is 17.1. The van der Waals surface area contributed by atoms with Crippen LogP contribution in [0.3, 0.4) is 0 Å². The Hall–Kier alpha value is -2.04. The van der Waals surface area contributed by atoms with E-state index in [0.717, 1.165) is 42.5 Å². The minimum absolute atomic E-state index is 0.0858. The van der Waals surface area contributed by atoms with E-state index < -0.39 is 0 Å². The van der Waals surface area contributed by atoms with Gasteiger partial charge in [-0.1, -0.05) is 47.5 Å². The van der Waals surface area contributed by atoms with Crippen LogP contribution in [0.25, 0.3) is 0 Å². The van der Waals surface area contributed by atoms with Crippen LogP contribution in [0.1, 0.15) is 18.1 Å². The zero-order valence-electron chi connectivity index (χ0n) is 15.4. The fraction of sp³-hybridized carbons (Fsp3) is 0.381. The van der Waals surface area contributed by atoms with Crippen LogP contribution < -0.4 is 10.2 Å². The first-order valence-corrected chi connectivity index (χ1v) is 9.48. The van der Waals surface area contributed by atoms with Crippen molar-refractivity contribution in [3.05, 3.63) is 64.7 Å². The summed E-state index contributed by atoms with van der Waals surface area (Å²) >= 11 is 6.09. The van der Waals surface area contributed by atoms with Gasteiger partial charge in [-0.15, -0.1) is 0 Å². The van der Waals surface area contributed by atoms with E-state index in [-0.39, 0.29) is 11.9 Å². The fourth-order valence-electron chi connectivity index (χ4n) is 3.37. The number of halogens is 1. The molecule has 0 bridgehead atoms. The molecule has 3 rings (SSSR count). The Morgan fingerprint density at radius 3 is 2.54 bits per heavy atom. The van der Waals surface area contributed by atoms with Gasteiger partial charge in [-0.25, -0.2) is 0 Å². The van der Waals surface area contributed by atoms with E-state index in [1.165, 1.54) is 5.56 Å². The number of aryl methyl sites for hydroxylation is 1. The number of rotatable bonds is 5. The molecule has 0 spiro atoms. The molecule has 0 aliphatic carbocycles. The molecule has 1 N–H and O–H groups in total. The molecule has 0 radical (unpaired) electrons. The van der Waals surface area contributed by atoms with Crippen LogP contribution in [0.4, 0.5) is 5.69 Å². The predicted molar refractivity (Wildman–Crippen MR) is 108 cm³/mol. The Kier molecular flexibility index (Phi) is 6.17. The molecule has 2 aromatic rings. The standard InChI is InChI=1S/C21H26ClN3O/c1-16-5-3-6-18(13-16)15-23-21(26)17(2)24-9-11-25(12-10-24)20-8-4-7-19(22)14-20/h3-8,13-14,17H,9-12,15H2,1-2H3,(H,23,26)/t17-/m0/s1. The molecule has 1 fully saturated rings. The van der Waals surface area contributed by atoms with E-state index in [1.54, 1.807) is 0 Å².